The normalized spacial score (nSPS) is 23.7. The first kappa shape index (κ1) is 28.8. The van der Waals surface area contributed by atoms with Gasteiger partial charge in [-0.05, 0) is 50.8 Å². The molecular weight excluding hydrogens is 554 g/mol. The van der Waals surface area contributed by atoms with E-state index in [4.69, 9.17) is 59.3 Å². The first-order valence-electron chi connectivity index (χ1n) is 10.9. The van der Waals surface area contributed by atoms with Gasteiger partial charge < -0.3 is 29.4 Å². The molecule has 4 N–H and O–H groups in total. The van der Waals surface area contributed by atoms with E-state index < -0.39 is 47.1 Å². The fraction of sp³-hybridized carbons (Fsp3) is 0.476. The number of ether oxygens (including phenoxy) is 2. The summed E-state index contributed by atoms with van der Waals surface area (Å²) >= 11 is 18.4. The van der Waals surface area contributed by atoms with Crippen LogP contribution in [-0.2, 0) is 30.6 Å². The summed E-state index contributed by atoms with van der Waals surface area (Å²) in [6.45, 7) is 1.25. The number of nitrogens with zero attached hydrogens (tertiary/aromatic N) is 2. The first-order chi connectivity index (χ1) is 16.8. The van der Waals surface area contributed by atoms with Crippen LogP contribution in [0.3, 0.4) is 0 Å². The van der Waals surface area contributed by atoms with Crippen LogP contribution in [0, 0.1) is 0 Å². The van der Waals surface area contributed by atoms with Crippen molar-refractivity contribution in [2.24, 2.45) is 0 Å². The Hall–Kier alpha value is -1.76. The molecule has 0 bridgehead atoms. The minimum atomic E-state index is -3.42. The van der Waals surface area contributed by atoms with E-state index in [2.05, 4.69) is 10.1 Å². The summed E-state index contributed by atoms with van der Waals surface area (Å²) in [5.74, 6) is -0.154. The number of para-hydroxylation sites is 1. The van der Waals surface area contributed by atoms with Crippen molar-refractivity contribution >= 4 is 53.4 Å². The predicted molar refractivity (Wildman–Crippen MR) is 138 cm³/mol. The first-order valence-corrected chi connectivity index (χ1v) is 14.3. The average Bonchev–Trinajstić information content (AvgIpc) is 3.01. The van der Waals surface area contributed by atoms with E-state index in [1.807, 2.05) is 0 Å². The number of esters is 1. The average molecular weight is 581 g/mol. The van der Waals surface area contributed by atoms with E-state index in [0.29, 0.717) is 5.75 Å². The number of benzene rings is 1. The number of nitrogens with two attached hydrogens (primary N) is 1. The Balaban J connectivity index is 1.79. The molecule has 1 aromatic heterocycles. The maximum absolute atomic E-state index is 12.4. The number of hydrogen-bond donors (Lipinski definition) is 3. The molecule has 0 radical (unpaired) electrons. The fourth-order valence-corrected chi connectivity index (χ4v) is 6.23. The van der Waals surface area contributed by atoms with Crippen molar-refractivity contribution < 1.29 is 28.4 Å². The van der Waals surface area contributed by atoms with Crippen molar-refractivity contribution in [2.75, 3.05) is 12.3 Å². The lowest BCUT2D eigenvalue weighted by atomic mass is 10.2. The molecule has 3 rings (SSSR count). The Kier molecular flexibility index (Phi) is 9.40. The molecule has 0 amide bonds. The molecule has 2 aromatic rings. The molecule has 0 saturated carbocycles. The third-order valence-electron chi connectivity index (χ3n) is 4.92. The molecular formula is C21H27Cl2N4O7PS. The third kappa shape index (κ3) is 6.96. The topological polar surface area (TPSA) is 147 Å². The zero-order valence-corrected chi connectivity index (χ0v) is 22.8. The van der Waals surface area contributed by atoms with Crippen LogP contribution in [0.25, 0.3) is 0 Å². The van der Waals surface area contributed by atoms with E-state index in [9.17, 15) is 14.7 Å². The Morgan fingerprint density at radius 2 is 2.00 bits per heavy atom. The number of nitrogen functional groups attached to an aromatic ring is 1. The largest absolute Gasteiger partial charge is 0.462 e. The Morgan fingerprint density at radius 3 is 2.61 bits per heavy atom. The summed E-state index contributed by atoms with van der Waals surface area (Å²) in [7, 11) is 0. The molecule has 11 nitrogen and oxygen atoms in total. The maximum atomic E-state index is 12.4. The van der Waals surface area contributed by atoms with Crippen molar-refractivity contribution in [1.29, 1.82) is 0 Å². The summed E-state index contributed by atoms with van der Waals surface area (Å²) in [5.41, 5.74) is 4.76. The van der Waals surface area contributed by atoms with Crippen molar-refractivity contribution in [1.82, 2.24) is 14.6 Å². The van der Waals surface area contributed by atoms with Crippen LogP contribution in [0.5, 0.6) is 5.75 Å². The molecule has 15 heteroatoms. The van der Waals surface area contributed by atoms with Gasteiger partial charge >= 0.3 is 18.3 Å². The smallest absolute Gasteiger partial charge is 0.351 e. The molecule has 5 atom stereocenters. The summed E-state index contributed by atoms with van der Waals surface area (Å²) in [5, 5.41) is 13.7. The predicted octanol–water partition coefficient (Wildman–Crippen LogP) is 2.51. The number of aliphatic hydroxyl groups excluding tert-OH is 1. The summed E-state index contributed by atoms with van der Waals surface area (Å²) < 4.78 is 21.9. The lowest BCUT2D eigenvalue weighted by molar-refractivity contribution is -0.149. The van der Waals surface area contributed by atoms with Crippen LogP contribution in [0.4, 0.5) is 5.82 Å². The van der Waals surface area contributed by atoms with Gasteiger partial charge in [0.1, 0.15) is 29.8 Å². The van der Waals surface area contributed by atoms with Crippen LogP contribution in [0.2, 0.25) is 0 Å². The van der Waals surface area contributed by atoms with Gasteiger partial charge in [0.2, 0.25) is 0 Å². The van der Waals surface area contributed by atoms with Gasteiger partial charge in [-0.3, -0.25) is 9.36 Å². The van der Waals surface area contributed by atoms with Crippen molar-refractivity contribution in [3.63, 3.8) is 0 Å². The van der Waals surface area contributed by atoms with E-state index in [0.717, 1.165) is 4.57 Å². The second-order valence-corrected chi connectivity index (χ2v) is 12.8. The highest BCUT2D eigenvalue weighted by Gasteiger charge is 2.56. The quantitative estimate of drug-likeness (QED) is 0.216. The number of aliphatic hydroxyl groups is 1. The van der Waals surface area contributed by atoms with Gasteiger partial charge in [-0.15, -0.1) is 0 Å². The molecule has 2 heterocycles. The minimum Gasteiger partial charge on any atom is -0.462 e. The van der Waals surface area contributed by atoms with Crippen LogP contribution in [0.15, 0.2) is 47.4 Å². The Morgan fingerprint density at radius 1 is 1.33 bits per heavy atom. The van der Waals surface area contributed by atoms with Crippen LogP contribution in [0.1, 0.15) is 27.0 Å². The number of carbonyl (C=O) groups is 1. The van der Waals surface area contributed by atoms with E-state index >= 15 is 0 Å². The second kappa shape index (κ2) is 11.7. The molecule has 0 unspecified atom stereocenters. The summed E-state index contributed by atoms with van der Waals surface area (Å²) in [6.07, 6.45) is -2.93. The number of rotatable bonds is 10. The van der Waals surface area contributed by atoms with E-state index in [1.165, 1.54) is 12.3 Å². The fourth-order valence-electron chi connectivity index (χ4n) is 3.22. The number of nitrogens with one attached hydrogen (secondary N) is 1. The number of anilines is 1. The van der Waals surface area contributed by atoms with E-state index in [-0.39, 0.29) is 18.5 Å². The SMILES string of the molecule is CC(C)OC(=O)[C@H](C)N[P@](=S)(OC[C@H]1O[C@@H](n2ccc(N)nc2=O)C(Cl)(Cl)[C@@H]1O)Oc1ccccc1. The zero-order chi connectivity index (χ0) is 26.7. The highest BCUT2D eigenvalue weighted by atomic mass is 35.5. The zero-order valence-electron chi connectivity index (χ0n) is 19.6. The van der Waals surface area contributed by atoms with E-state index in [1.54, 1.807) is 51.1 Å². The molecule has 1 saturated heterocycles. The Labute approximate surface area is 223 Å². The molecule has 1 aliphatic rings. The van der Waals surface area contributed by atoms with Crippen LogP contribution < -0.4 is 21.0 Å². The monoisotopic (exact) mass is 580 g/mol. The summed E-state index contributed by atoms with van der Waals surface area (Å²) in [6, 6.07) is 9.11. The van der Waals surface area contributed by atoms with Gasteiger partial charge in [0.15, 0.2) is 10.6 Å². The van der Waals surface area contributed by atoms with Crippen molar-refractivity contribution in [2.45, 2.75) is 55.7 Å². The van der Waals surface area contributed by atoms with Crippen molar-refractivity contribution in [3.05, 3.63) is 53.1 Å². The van der Waals surface area contributed by atoms with Gasteiger partial charge in [0.05, 0.1) is 12.7 Å². The van der Waals surface area contributed by atoms with Gasteiger partial charge in [0.25, 0.3) is 0 Å². The number of halogens is 2. The summed E-state index contributed by atoms with van der Waals surface area (Å²) in [4.78, 5) is 28.3. The second-order valence-electron chi connectivity index (χ2n) is 8.22. The molecule has 36 heavy (non-hydrogen) atoms. The molecule has 1 aromatic carbocycles. The third-order valence-corrected chi connectivity index (χ3v) is 8.24. The van der Waals surface area contributed by atoms with Crippen molar-refractivity contribution in [3.8, 4) is 5.75 Å². The standard InChI is InChI=1S/C21H27Cl2N4O7PS/c1-12(2)32-18(29)13(3)26-35(36,34-14-7-5-4-6-8-14)31-11-15-17(28)21(22,23)19(33-15)27-10-9-16(24)25-20(27)30/h4-10,12-13,15,17,19,28H,11H2,1-3H3,(H,26,36)(H2,24,25,30)/t13-,15+,17+,19+,35-/m0/s1. The molecule has 1 fully saturated rings. The number of carbonyl (C=O) groups excluding carboxylic acids is 1. The van der Waals surface area contributed by atoms with Gasteiger partial charge in [0, 0.05) is 6.20 Å². The highest BCUT2D eigenvalue weighted by Crippen LogP contribution is 2.49. The number of aromatic nitrogens is 2. The van der Waals surface area contributed by atoms with Crippen LogP contribution >= 0.6 is 29.8 Å². The lowest BCUT2D eigenvalue weighted by Gasteiger charge is -2.28. The Bertz CT molecular complexity index is 1170. The molecule has 198 valence electrons. The molecule has 1 aliphatic heterocycles. The molecule has 0 aliphatic carbocycles. The number of alkyl halides is 2. The van der Waals surface area contributed by atoms with Gasteiger partial charge in [-0.25, -0.2) is 9.88 Å². The molecule has 0 spiro atoms. The highest BCUT2D eigenvalue weighted by molar-refractivity contribution is 8.09. The minimum absolute atomic E-state index is 0.000590. The van der Waals surface area contributed by atoms with Gasteiger partial charge in [-0.2, -0.15) is 4.98 Å². The van der Waals surface area contributed by atoms with Gasteiger partial charge in [-0.1, -0.05) is 41.4 Å². The van der Waals surface area contributed by atoms with Crippen LogP contribution in [-0.4, -0.2) is 55.9 Å². The number of hydrogen-bond acceptors (Lipinski definition) is 10. The maximum Gasteiger partial charge on any atom is 0.351 e. The lowest BCUT2D eigenvalue weighted by Crippen LogP contribution is -2.40.